The first kappa shape index (κ1) is 47.0. The van der Waals surface area contributed by atoms with Crippen LogP contribution in [-0.4, -0.2) is 104 Å². The third kappa shape index (κ3) is 12.2. The highest BCUT2D eigenvalue weighted by Gasteiger charge is 2.51. The maximum Gasteiger partial charge on any atom is 0.408 e. The molecule has 0 spiro atoms. The Bertz CT molecular complexity index is 1930. The summed E-state index contributed by atoms with van der Waals surface area (Å²) in [5, 5.41) is 11.9. The molecule has 3 aromatic rings. The normalized spacial score (nSPS) is 25.7. The smallest absolute Gasteiger partial charge is 0.378 e. The molecular weight excluding hydrogens is 822 g/mol. The fourth-order valence-corrected chi connectivity index (χ4v) is 9.77. The van der Waals surface area contributed by atoms with Gasteiger partial charge < -0.3 is 30.9 Å². The summed E-state index contributed by atoms with van der Waals surface area (Å²) in [5.74, 6) is -2.30. The van der Waals surface area contributed by atoms with E-state index in [1.165, 1.54) is 79.7 Å². The second-order valence-corrected chi connectivity index (χ2v) is 18.3. The number of alkyl halides is 3. The molecule has 346 valence electrons. The Kier molecular flexibility index (Phi) is 16.0. The molecule has 9 atom stereocenters. The van der Waals surface area contributed by atoms with E-state index in [0.717, 1.165) is 43.2 Å². The summed E-state index contributed by atoms with van der Waals surface area (Å²) in [5.41, 5.74) is 2.36. The second kappa shape index (κ2) is 21.8. The number of halogens is 3. The van der Waals surface area contributed by atoms with Crippen LogP contribution >= 0.6 is 0 Å². The number of carbonyl (C=O) groups excluding carboxylic acids is 4. The lowest BCUT2D eigenvalue weighted by Gasteiger charge is -2.30. The minimum Gasteiger partial charge on any atom is -0.378 e. The van der Waals surface area contributed by atoms with Crippen LogP contribution in [0.5, 0.6) is 0 Å². The van der Waals surface area contributed by atoms with E-state index < -0.39 is 48.1 Å². The number of amides is 5. The van der Waals surface area contributed by atoms with Gasteiger partial charge in [0.15, 0.2) is 0 Å². The Morgan fingerprint density at radius 3 is 1.67 bits per heavy atom. The van der Waals surface area contributed by atoms with E-state index in [9.17, 15) is 32.3 Å². The summed E-state index contributed by atoms with van der Waals surface area (Å²) in [6.07, 6.45) is 6.60. The molecule has 0 unspecified atom stereocenters. The fourth-order valence-electron chi connectivity index (χ4n) is 9.77. The molecule has 14 heteroatoms. The highest BCUT2D eigenvalue weighted by molar-refractivity contribution is 5.97. The quantitative estimate of drug-likeness (QED) is 0.0807. The number of hydrogen-bond donors (Lipinski definition) is 4. The average molecular weight is 887 g/mol. The standard InChI is InChI=1S/C50H65F3N6O5/c1-3-4-5-6-7-8-9-10-17-26-54-49(63)57-43-31-58(32-44(43)64-2)45(50(51,52)53)35-22-24-36(25-23-35)48(62)59-29-39(46(60)55-41-27-37(41)33-18-13-11-14-19-33)40(30-59)47(61)56-42-28-38(42)34-20-15-12-16-21-34/h11-16,18-25,37-45H,3-10,17,26-32H2,1-2H3,(H,55,60)(H,56,61)(H2,54,57,63)/t37-,38-,39-,40-,41+,42+,43+,44+,45-/m1/s1. The molecule has 5 amide bonds. The number of carbonyl (C=O) groups is 4. The van der Waals surface area contributed by atoms with Gasteiger partial charge in [-0.1, -0.05) is 131 Å². The Morgan fingerprint density at radius 2 is 1.17 bits per heavy atom. The van der Waals surface area contributed by atoms with E-state index in [-0.39, 0.29) is 73.0 Å². The van der Waals surface area contributed by atoms with Crippen molar-refractivity contribution in [2.24, 2.45) is 11.8 Å². The summed E-state index contributed by atoms with van der Waals surface area (Å²) < 4.78 is 50.2. The zero-order valence-electron chi connectivity index (χ0n) is 37.2. The molecule has 2 heterocycles. The minimum absolute atomic E-state index is 0.00146. The molecule has 2 aliphatic heterocycles. The van der Waals surface area contributed by atoms with Crippen LogP contribution in [0.2, 0.25) is 0 Å². The van der Waals surface area contributed by atoms with Crippen molar-refractivity contribution < 1.29 is 37.1 Å². The third-order valence-corrected chi connectivity index (χ3v) is 13.6. The van der Waals surface area contributed by atoms with Crippen molar-refractivity contribution in [2.45, 2.75) is 126 Å². The maximum absolute atomic E-state index is 14.9. The molecule has 2 saturated carbocycles. The van der Waals surface area contributed by atoms with Gasteiger partial charge in [-0.2, -0.15) is 13.2 Å². The number of urea groups is 1. The molecule has 0 aromatic heterocycles. The molecule has 4 fully saturated rings. The fraction of sp³-hybridized carbons (Fsp3) is 0.560. The van der Waals surface area contributed by atoms with E-state index in [1.807, 2.05) is 60.7 Å². The molecule has 2 aliphatic carbocycles. The number of nitrogens with zero attached hydrogens (tertiary/aromatic N) is 2. The van der Waals surface area contributed by atoms with Gasteiger partial charge in [0.05, 0.1) is 24.0 Å². The van der Waals surface area contributed by atoms with Crippen molar-refractivity contribution in [3.63, 3.8) is 0 Å². The molecule has 4 aliphatic rings. The van der Waals surface area contributed by atoms with Gasteiger partial charge in [-0.3, -0.25) is 19.3 Å². The Labute approximate surface area is 375 Å². The largest absolute Gasteiger partial charge is 0.408 e. The molecule has 0 radical (unpaired) electrons. The number of ether oxygens (including phenoxy) is 1. The van der Waals surface area contributed by atoms with Gasteiger partial charge in [0, 0.05) is 69.3 Å². The van der Waals surface area contributed by atoms with Crippen molar-refractivity contribution in [3.8, 4) is 0 Å². The van der Waals surface area contributed by atoms with Crippen LogP contribution in [0.25, 0.3) is 0 Å². The number of nitrogens with one attached hydrogen (secondary N) is 4. The number of rotatable bonds is 21. The lowest BCUT2D eigenvalue weighted by Crippen LogP contribution is -2.48. The van der Waals surface area contributed by atoms with E-state index in [2.05, 4.69) is 28.2 Å². The average Bonchev–Trinajstić information content (AvgIpc) is 4.15. The Morgan fingerprint density at radius 1 is 0.656 bits per heavy atom. The first-order chi connectivity index (χ1) is 30.9. The molecule has 3 aromatic carbocycles. The molecule has 7 rings (SSSR count). The number of hydrogen-bond acceptors (Lipinski definition) is 6. The highest BCUT2D eigenvalue weighted by atomic mass is 19.4. The van der Waals surface area contributed by atoms with Gasteiger partial charge in [0.1, 0.15) is 6.04 Å². The van der Waals surface area contributed by atoms with Crippen LogP contribution in [0.4, 0.5) is 18.0 Å². The van der Waals surface area contributed by atoms with Gasteiger partial charge in [-0.15, -0.1) is 0 Å². The summed E-state index contributed by atoms with van der Waals surface area (Å²) in [6.45, 7) is 2.53. The first-order valence-electron chi connectivity index (χ1n) is 23.4. The van der Waals surface area contributed by atoms with Crippen molar-refractivity contribution in [2.75, 3.05) is 39.8 Å². The van der Waals surface area contributed by atoms with Crippen molar-refractivity contribution in [1.82, 2.24) is 31.1 Å². The number of benzene rings is 3. The first-order valence-corrected chi connectivity index (χ1v) is 23.4. The predicted molar refractivity (Wildman–Crippen MR) is 240 cm³/mol. The van der Waals surface area contributed by atoms with Crippen LogP contribution in [0.1, 0.15) is 122 Å². The van der Waals surface area contributed by atoms with Crippen LogP contribution in [0, 0.1) is 11.8 Å². The van der Waals surface area contributed by atoms with Gasteiger partial charge in [-0.05, 0) is 48.1 Å². The lowest BCUT2D eigenvalue weighted by atomic mass is 9.94. The van der Waals surface area contributed by atoms with Crippen molar-refractivity contribution >= 4 is 23.8 Å². The van der Waals surface area contributed by atoms with E-state index in [1.54, 1.807) is 0 Å². The number of likely N-dealkylation sites (tertiary alicyclic amines) is 2. The zero-order chi connectivity index (χ0) is 45.2. The Balaban J connectivity index is 0.956. The van der Waals surface area contributed by atoms with Gasteiger partial charge in [0.2, 0.25) is 11.8 Å². The Hall–Kier alpha value is -4.95. The van der Waals surface area contributed by atoms with Crippen LogP contribution in [0.15, 0.2) is 84.9 Å². The van der Waals surface area contributed by atoms with Crippen LogP contribution in [-0.2, 0) is 14.3 Å². The van der Waals surface area contributed by atoms with Crippen LogP contribution in [0.3, 0.4) is 0 Å². The number of unbranched alkanes of at least 4 members (excludes halogenated alkanes) is 8. The monoisotopic (exact) mass is 886 g/mol. The third-order valence-electron chi connectivity index (χ3n) is 13.6. The molecule has 4 N–H and O–H groups in total. The molecule has 11 nitrogen and oxygen atoms in total. The lowest BCUT2D eigenvalue weighted by molar-refractivity contribution is -0.184. The van der Waals surface area contributed by atoms with E-state index in [4.69, 9.17) is 4.74 Å². The minimum atomic E-state index is -4.67. The number of methoxy groups -OCH3 is 1. The van der Waals surface area contributed by atoms with Gasteiger partial charge >= 0.3 is 12.2 Å². The van der Waals surface area contributed by atoms with Gasteiger partial charge in [0.25, 0.3) is 5.91 Å². The summed E-state index contributed by atoms with van der Waals surface area (Å²) in [4.78, 5) is 57.3. The van der Waals surface area contributed by atoms with Crippen molar-refractivity contribution in [3.05, 3.63) is 107 Å². The highest BCUT2D eigenvalue weighted by Crippen LogP contribution is 2.43. The summed E-state index contributed by atoms with van der Waals surface area (Å²) in [7, 11) is 1.42. The van der Waals surface area contributed by atoms with Crippen molar-refractivity contribution in [1.29, 1.82) is 0 Å². The van der Waals surface area contributed by atoms with E-state index in [0.29, 0.717) is 6.54 Å². The molecule has 0 bridgehead atoms. The van der Waals surface area contributed by atoms with E-state index >= 15 is 0 Å². The second-order valence-electron chi connectivity index (χ2n) is 18.3. The topological polar surface area (TPSA) is 132 Å². The van der Waals surface area contributed by atoms with Crippen LogP contribution < -0.4 is 21.3 Å². The maximum atomic E-state index is 14.9. The molecular formula is C50H65F3N6O5. The summed E-state index contributed by atoms with van der Waals surface area (Å²) >= 11 is 0. The SMILES string of the molecule is CCCCCCCCCCCNC(=O)N[C@H]1CN([C@H](c2ccc(C(=O)N3C[C@@H](C(=O)N[C@H]4C[C@@H]4c4ccccc4)[C@H](C(=O)N[C@H]4C[C@@H]4c4ccccc4)C3)cc2)C(F)(F)F)C[C@@H]1OC. The van der Waals surface area contributed by atoms with Gasteiger partial charge in [-0.25, -0.2) is 4.79 Å². The predicted octanol–water partition coefficient (Wildman–Crippen LogP) is 7.85. The molecule has 2 saturated heterocycles. The zero-order valence-corrected chi connectivity index (χ0v) is 37.2. The molecule has 64 heavy (non-hydrogen) atoms. The summed E-state index contributed by atoms with van der Waals surface area (Å²) in [6, 6.07) is 21.9.